The summed E-state index contributed by atoms with van der Waals surface area (Å²) in [6.07, 6.45) is 0.866. The number of para-hydroxylation sites is 1. The van der Waals surface area contributed by atoms with Crippen LogP contribution in [0.3, 0.4) is 0 Å². The van der Waals surface area contributed by atoms with E-state index in [2.05, 4.69) is 10.1 Å². The molecule has 1 N–H and O–H groups in total. The highest BCUT2D eigenvalue weighted by molar-refractivity contribution is 5.92. The van der Waals surface area contributed by atoms with E-state index in [-0.39, 0.29) is 12.5 Å². The number of amides is 1. The second-order valence-corrected chi connectivity index (χ2v) is 3.63. The van der Waals surface area contributed by atoms with Crippen LogP contribution in [0.2, 0.25) is 0 Å². The van der Waals surface area contributed by atoms with Gasteiger partial charge in [0.05, 0.1) is 7.11 Å². The van der Waals surface area contributed by atoms with Crippen LogP contribution in [0.1, 0.15) is 23.7 Å². The molecule has 18 heavy (non-hydrogen) atoms. The molecule has 0 aromatic heterocycles. The number of nitrogens with one attached hydrogen (secondary N) is 1. The maximum atomic E-state index is 11.4. The van der Waals surface area contributed by atoms with Gasteiger partial charge in [0.1, 0.15) is 11.3 Å². The summed E-state index contributed by atoms with van der Waals surface area (Å²) in [4.78, 5) is 22.8. The maximum Gasteiger partial charge on any atom is 0.341 e. The van der Waals surface area contributed by atoms with E-state index in [1.54, 1.807) is 24.3 Å². The molecule has 0 bridgehead atoms. The number of hydrogen-bond acceptors (Lipinski definition) is 4. The minimum absolute atomic E-state index is 0.117. The summed E-state index contributed by atoms with van der Waals surface area (Å²) in [6, 6.07) is 6.65. The van der Waals surface area contributed by atoms with E-state index in [0.717, 1.165) is 6.42 Å². The summed E-state index contributed by atoms with van der Waals surface area (Å²) in [6.45, 7) is 2.46. The van der Waals surface area contributed by atoms with Crippen LogP contribution < -0.4 is 10.1 Å². The topological polar surface area (TPSA) is 64.6 Å². The van der Waals surface area contributed by atoms with Crippen LogP contribution in [0.4, 0.5) is 0 Å². The van der Waals surface area contributed by atoms with Gasteiger partial charge in [0.15, 0.2) is 6.61 Å². The Morgan fingerprint density at radius 1 is 1.28 bits per heavy atom. The molecule has 0 unspecified atom stereocenters. The Labute approximate surface area is 106 Å². The van der Waals surface area contributed by atoms with Crippen LogP contribution in [0, 0.1) is 0 Å². The van der Waals surface area contributed by atoms with Gasteiger partial charge in [-0.3, -0.25) is 4.79 Å². The number of carbonyl (C=O) groups is 2. The molecule has 5 nitrogen and oxygen atoms in total. The van der Waals surface area contributed by atoms with Crippen molar-refractivity contribution in [1.82, 2.24) is 5.32 Å². The summed E-state index contributed by atoms with van der Waals surface area (Å²) in [5.74, 6) is -0.355. The number of rotatable bonds is 6. The van der Waals surface area contributed by atoms with Crippen molar-refractivity contribution < 1.29 is 19.1 Å². The second-order valence-electron chi connectivity index (χ2n) is 3.63. The van der Waals surface area contributed by atoms with E-state index in [0.29, 0.717) is 17.9 Å². The summed E-state index contributed by atoms with van der Waals surface area (Å²) >= 11 is 0. The van der Waals surface area contributed by atoms with Crippen LogP contribution in [0.15, 0.2) is 24.3 Å². The molecule has 0 aliphatic carbocycles. The van der Waals surface area contributed by atoms with Crippen molar-refractivity contribution in [3.63, 3.8) is 0 Å². The standard InChI is InChI=1S/C13H17NO4/c1-3-8-14-12(15)9-18-11-7-5-4-6-10(11)13(16)17-2/h4-7H,3,8-9H2,1-2H3,(H,14,15). The Morgan fingerprint density at radius 2 is 2.00 bits per heavy atom. The van der Waals surface area contributed by atoms with Crippen molar-refractivity contribution in [2.45, 2.75) is 13.3 Å². The highest BCUT2D eigenvalue weighted by Gasteiger charge is 2.12. The zero-order chi connectivity index (χ0) is 13.4. The number of carbonyl (C=O) groups excluding carboxylic acids is 2. The van der Waals surface area contributed by atoms with E-state index < -0.39 is 5.97 Å². The third-order valence-corrected chi connectivity index (χ3v) is 2.22. The van der Waals surface area contributed by atoms with Crippen LogP contribution >= 0.6 is 0 Å². The molecule has 0 aliphatic rings. The lowest BCUT2D eigenvalue weighted by Crippen LogP contribution is -2.29. The molecular formula is C13H17NO4. The third-order valence-electron chi connectivity index (χ3n) is 2.22. The molecular weight excluding hydrogens is 234 g/mol. The first-order valence-electron chi connectivity index (χ1n) is 5.75. The Hall–Kier alpha value is -2.04. The van der Waals surface area contributed by atoms with Crippen LogP contribution in [0.25, 0.3) is 0 Å². The molecule has 0 saturated carbocycles. The molecule has 0 atom stereocenters. The van der Waals surface area contributed by atoms with Crippen molar-refractivity contribution in [3.05, 3.63) is 29.8 Å². The summed E-state index contributed by atoms with van der Waals surface area (Å²) in [7, 11) is 1.30. The zero-order valence-electron chi connectivity index (χ0n) is 10.6. The van der Waals surface area contributed by atoms with Crippen molar-refractivity contribution in [1.29, 1.82) is 0 Å². The van der Waals surface area contributed by atoms with Gasteiger partial charge < -0.3 is 14.8 Å². The fourth-order valence-electron chi connectivity index (χ4n) is 1.33. The van der Waals surface area contributed by atoms with Crippen LogP contribution in [-0.4, -0.2) is 32.1 Å². The predicted octanol–water partition coefficient (Wildman–Crippen LogP) is 1.38. The Balaban J connectivity index is 2.61. The Kier molecular flexibility index (Phi) is 5.70. The number of benzene rings is 1. The third kappa shape index (κ3) is 4.08. The number of esters is 1. The van der Waals surface area contributed by atoms with Gasteiger partial charge in [-0.05, 0) is 18.6 Å². The van der Waals surface area contributed by atoms with Crippen molar-refractivity contribution in [2.24, 2.45) is 0 Å². The fourth-order valence-corrected chi connectivity index (χ4v) is 1.33. The summed E-state index contributed by atoms with van der Waals surface area (Å²) in [5, 5.41) is 2.69. The lowest BCUT2D eigenvalue weighted by atomic mass is 10.2. The Bertz CT molecular complexity index is 417. The molecule has 1 rings (SSSR count). The largest absolute Gasteiger partial charge is 0.483 e. The lowest BCUT2D eigenvalue weighted by molar-refractivity contribution is -0.123. The molecule has 1 aromatic rings. The van der Waals surface area contributed by atoms with Crippen molar-refractivity contribution in [2.75, 3.05) is 20.3 Å². The quantitative estimate of drug-likeness (QED) is 0.776. The molecule has 1 aromatic carbocycles. The molecule has 0 saturated heterocycles. The molecule has 5 heteroatoms. The SMILES string of the molecule is CCCNC(=O)COc1ccccc1C(=O)OC. The first-order valence-corrected chi connectivity index (χ1v) is 5.75. The average Bonchev–Trinajstić information content (AvgIpc) is 2.42. The van der Waals surface area contributed by atoms with Gasteiger partial charge in [0.2, 0.25) is 0 Å². The summed E-state index contributed by atoms with van der Waals surface area (Å²) < 4.78 is 9.94. The zero-order valence-corrected chi connectivity index (χ0v) is 10.6. The highest BCUT2D eigenvalue weighted by atomic mass is 16.5. The number of hydrogen-bond donors (Lipinski definition) is 1. The molecule has 0 radical (unpaired) electrons. The van der Waals surface area contributed by atoms with Gasteiger partial charge in [-0.15, -0.1) is 0 Å². The van der Waals surface area contributed by atoms with Crippen molar-refractivity contribution >= 4 is 11.9 Å². The second kappa shape index (κ2) is 7.32. The highest BCUT2D eigenvalue weighted by Crippen LogP contribution is 2.18. The molecule has 98 valence electrons. The van der Waals surface area contributed by atoms with E-state index >= 15 is 0 Å². The molecule has 0 spiro atoms. The van der Waals surface area contributed by atoms with E-state index in [4.69, 9.17) is 4.74 Å². The Morgan fingerprint density at radius 3 is 2.67 bits per heavy atom. The maximum absolute atomic E-state index is 11.4. The van der Waals surface area contributed by atoms with E-state index in [1.165, 1.54) is 7.11 Å². The van der Waals surface area contributed by atoms with Gasteiger partial charge in [-0.25, -0.2) is 4.79 Å². The van der Waals surface area contributed by atoms with Gasteiger partial charge in [-0.2, -0.15) is 0 Å². The minimum Gasteiger partial charge on any atom is -0.483 e. The minimum atomic E-state index is -0.487. The molecule has 0 fully saturated rings. The van der Waals surface area contributed by atoms with Gasteiger partial charge >= 0.3 is 5.97 Å². The van der Waals surface area contributed by atoms with Gasteiger partial charge in [0, 0.05) is 6.54 Å². The number of ether oxygens (including phenoxy) is 2. The van der Waals surface area contributed by atoms with Crippen LogP contribution in [-0.2, 0) is 9.53 Å². The van der Waals surface area contributed by atoms with Crippen molar-refractivity contribution in [3.8, 4) is 5.75 Å². The average molecular weight is 251 g/mol. The van der Waals surface area contributed by atoms with Gasteiger partial charge in [0.25, 0.3) is 5.91 Å². The van der Waals surface area contributed by atoms with Gasteiger partial charge in [-0.1, -0.05) is 19.1 Å². The van der Waals surface area contributed by atoms with Crippen LogP contribution in [0.5, 0.6) is 5.75 Å². The smallest absolute Gasteiger partial charge is 0.341 e. The normalized spacial score (nSPS) is 9.67. The van der Waals surface area contributed by atoms with E-state index in [9.17, 15) is 9.59 Å². The lowest BCUT2D eigenvalue weighted by Gasteiger charge is -2.09. The number of methoxy groups -OCH3 is 1. The monoisotopic (exact) mass is 251 g/mol. The first kappa shape index (κ1) is 14.0. The first-order chi connectivity index (χ1) is 8.69. The molecule has 1 amide bonds. The molecule has 0 aliphatic heterocycles. The fraction of sp³-hybridized carbons (Fsp3) is 0.385. The predicted molar refractivity (Wildman–Crippen MR) is 66.6 cm³/mol. The van der Waals surface area contributed by atoms with E-state index in [1.807, 2.05) is 6.92 Å². The summed E-state index contributed by atoms with van der Waals surface area (Å²) in [5.41, 5.74) is 0.309. The molecule has 0 heterocycles.